The number of para-hydroxylation sites is 1. The van der Waals surface area contributed by atoms with Gasteiger partial charge in [0.25, 0.3) is 0 Å². The maximum Gasteiger partial charge on any atom is 0.0543 e. The summed E-state index contributed by atoms with van der Waals surface area (Å²) in [6, 6.07) is 46.1. The lowest BCUT2D eigenvalue weighted by Gasteiger charge is -2.36. The van der Waals surface area contributed by atoms with E-state index in [4.69, 9.17) is 0 Å². The second-order valence-corrected chi connectivity index (χ2v) is 13.6. The van der Waals surface area contributed by atoms with Gasteiger partial charge in [-0.05, 0) is 93.3 Å². The highest BCUT2D eigenvalue weighted by molar-refractivity contribution is 6.03. The fourth-order valence-electron chi connectivity index (χ4n) is 8.10. The van der Waals surface area contributed by atoms with E-state index in [-0.39, 0.29) is 5.41 Å². The molecule has 6 aromatic carbocycles. The van der Waals surface area contributed by atoms with Crippen LogP contribution in [0, 0.1) is 6.92 Å². The van der Waals surface area contributed by atoms with E-state index in [1.54, 1.807) is 0 Å². The first-order valence-electron chi connectivity index (χ1n) is 17.5. The SMILES string of the molecule is C=C(C)c1ccccc1.C=C1c2ccccc2N(c2cccc3c2Cc2c-3ccc3c2-c2ccccc2C3(C)C)c2cccc(C)c21.CC. The van der Waals surface area contributed by atoms with Crippen LogP contribution in [0.1, 0.15) is 79.1 Å². The average Bonchev–Trinajstić information content (AvgIpc) is 3.63. The monoisotopic (exact) mass is 635 g/mol. The predicted octanol–water partition coefficient (Wildman–Crippen LogP) is 13.5. The molecule has 0 radical (unpaired) electrons. The minimum absolute atomic E-state index is 0.0151. The number of anilines is 3. The second-order valence-electron chi connectivity index (χ2n) is 13.6. The van der Waals surface area contributed by atoms with Gasteiger partial charge >= 0.3 is 0 Å². The molecule has 6 aromatic rings. The summed E-state index contributed by atoms with van der Waals surface area (Å²) in [5.41, 5.74) is 22.2. The molecule has 9 rings (SSSR count). The van der Waals surface area contributed by atoms with Crippen molar-refractivity contribution in [1.82, 2.24) is 0 Å². The molecule has 2 aliphatic carbocycles. The molecule has 0 aromatic heterocycles. The van der Waals surface area contributed by atoms with Crippen molar-refractivity contribution in [3.05, 3.63) is 185 Å². The Bertz CT molecular complexity index is 2250. The predicted molar refractivity (Wildman–Crippen MR) is 212 cm³/mol. The molecule has 0 atom stereocenters. The molecule has 0 saturated carbocycles. The van der Waals surface area contributed by atoms with Crippen LogP contribution in [0.4, 0.5) is 17.1 Å². The molecule has 49 heavy (non-hydrogen) atoms. The molecule has 0 amide bonds. The van der Waals surface area contributed by atoms with Gasteiger partial charge in [0.2, 0.25) is 0 Å². The van der Waals surface area contributed by atoms with Gasteiger partial charge in [-0.2, -0.15) is 0 Å². The Balaban J connectivity index is 0.000000298. The third-order valence-electron chi connectivity index (χ3n) is 10.4. The molecule has 1 nitrogen and oxygen atoms in total. The van der Waals surface area contributed by atoms with E-state index < -0.39 is 0 Å². The highest BCUT2D eigenvalue weighted by Crippen LogP contribution is 2.57. The molecule has 1 heteroatoms. The topological polar surface area (TPSA) is 3.24 Å². The molecule has 1 aliphatic heterocycles. The highest BCUT2D eigenvalue weighted by Gasteiger charge is 2.39. The average molecular weight is 636 g/mol. The van der Waals surface area contributed by atoms with E-state index in [0.29, 0.717) is 0 Å². The number of fused-ring (bicyclic) bond motifs is 9. The number of aryl methyl sites for hydroxylation is 1. The van der Waals surface area contributed by atoms with Crippen molar-refractivity contribution < 1.29 is 0 Å². The molecule has 1 heterocycles. The molecule has 3 aliphatic rings. The van der Waals surface area contributed by atoms with Crippen LogP contribution in [0.5, 0.6) is 0 Å². The molecular weight excluding hydrogens is 591 g/mol. The molecule has 0 saturated heterocycles. The first kappa shape index (κ1) is 32.2. The molecule has 0 unspecified atom stereocenters. The quantitative estimate of drug-likeness (QED) is 0.183. The number of hydrogen-bond acceptors (Lipinski definition) is 1. The summed E-state index contributed by atoms with van der Waals surface area (Å²) >= 11 is 0. The van der Waals surface area contributed by atoms with Gasteiger partial charge in [-0.3, -0.25) is 0 Å². The lowest BCUT2D eigenvalue weighted by atomic mass is 9.82. The zero-order valence-corrected chi connectivity index (χ0v) is 29.7. The Morgan fingerprint density at radius 2 is 1.16 bits per heavy atom. The largest absolute Gasteiger partial charge is 0.309 e. The Hall–Kier alpha value is -5.40. The number of hydrogen-bond donors (Lipinski definition) is 0. The Kier molecular flexibility index (Phi) is 8.25. The van der Waals surface area contributed by atoms with Crippen molar-refractivity contribution in [2.75, 3.05) is 4.90 Å². The third kappa shape index (κ3) is 5.08. The number of benzene rings is 6. The maximum absolute atomic E-state index is 4.54. The zero-order valence-electron chi connectivity index (χ0n) is 29.7. The maximum atomic E-state index is 4.54. The summed E-state index contributed by atoms with van der Waals surface area (Å²) in [7, 11) is 0. The second kappa shape index (κ2) is 12.6. The van der Waals surface area contributed by atoms with Crippen LogP contribution < -0.4 is 4.90 Å². The summed E-state index contributed by atoms with van der Waals surface area (Å²) in [6.45, 7) is 21.3. The van der Waals surface area contributed by atoms with E-state index in [0.717, 1.165) is 17.6 Å². The van der Waals surface area contributed by atoms with Crippen molar-refractivity contribution in [2.24, 2.45) is 0 Å². The van der Waals surface area contributed by atoms with Crippen LogP contribution in [-0.2, 0) is 11.8 Å². The number of rotatable bonds is 2. The molecule has 242 valence electrons. The van der Waals surface area contributed by atoms with Crippen LogP contribution in [-0.4, -0.2) is 0 Å². The van der Waals surface area contributed by atoms with Crippen LogP contribution in [0.25, 0.3) is 33.4 Å². The summed E-state index contributed by atoms with van der Waals surface area (Å²) in [5, 5.41) is 0. The zero-order chi connectivity index (χ0) is 34.4. The third-order valence-corrected chi connectivity index (χ3v) is 10.4. The Morgan fingerprint density at radius 1 is 0.571 bits per heavy atom. The smallest absolute Gasteiger partial charge is 0.0543 e. The molecule has 0 spiro atoms. The molecule has 0 fully saturated rings. The summed E-state index contributed by atoms with van der Waals surface area (Å²) < 4.78 is 0. The molecular formula is C48H45N. The van der Waals surface area contributed by atoms with Crippen molar-refractivity contribution in [3.8, 4) is 22.3 Å². The number of nitrogens with zero attached hydrogens (tertiary/aromatic N) is 1. The summed E-state index contributed by atoms with van der Waals surface area (Å²) in [4.78, 5) is 2.48. The summed E-state index contributed by atoms with van der Waals surface area (Å²) in [6.07, 6.45) is 0.940. The fraction of sp³-hybridized carbons (Fsp3) is 0.167. The fourth-order valence-corrected chi connectivity index (χ4v) is 8.10. The van der Waals surface area contributed by atoms with Gasteiger partial charge in [0.1, 0.15) is 0 Å². The van der Waals surface area contributed by atoms with Gasteiger partial charge in [-0.1, -0.05) is 156 Å². The molecule has 0 N–H and O–H groups in total. The van der Waals surface area contributed by atoms with Crippen LogP contribution >= 0.6 is 0 Å². The van der Waals surface area contributed by atoms with Crippen molar-refractivity contribution in [3.63, 3.8) is 0 Å². The van der Waals surface area contributed by atoms with Crippen molar-refractivity contribution >= 4 is 28.2 Å². The van der Waals surface area contributed by atoms with Crippen molar-refractivity contribution in [1.29, 1.82) is 0 Å². The normalized spacial score (nSPS) is 13.7. The standard InChI is InChI=1S/C37H29N.C9H10.C2H6/c1-22-11-9-18-34-35(22)23(2)24-12-6-8-16-32(24)38(34)33-17-10-14-25-26-19-20-31-36(29(26)21-28(25)33)27-13-5-7-15-30(27)37(31,3)4;1-8(2)9-6-4-3-5-7-9;1-2/h5-20H,2,21H2,1,3-4H3;3-7H,1H2,2H3;1-2H3. The van der Waals surface area contributed by atoms with Gasteiger partial charge < -0.3 is 4.90 Å². The highest BCUT2D eigenvalue weighted by atomic mass is 15.2. The van der Waals surface area contributed by atoms with E-state index in [9.17, 15) is 0 Å². The Labute approximate surface area is 292 Å². The van der Waals surface area contributed by atoms with Crippen LogP contribution in [0.3, 0.4) is 0 Å². The number of allylic oxidation sites excluding steroid dienone is 1. The molecule has 0 bridgehead atoms. The Morgan fingerprint density at radius 3 is 1.90 bits per heavy atom. The minimum Gasteiger partial charge on any atom is -0.309 e. The van der Waals surface area contributed by atoms with E-state index in [1.807, 2.05) is 39.0 Å². The van der Waals surface area contributed by atoms with E-state index in [2.05, 4.69) is 148 Å². The van der Waals surface area contributed by atoms with Gasteiger partial charge in [-0.15, -0.1) is 0 Å². The van der Waals surface area contributed by atoms with Crippen molar-refractivity contribution in [2.45, 2.75) is 53.4 Å². The van der Waals surface area contributed by atoms with Gasteiger partial charge in [0.05, 0.1) is 17.1 Å². The van der Waals surface area contributed by atoms with Gasteiger partial charge in [-0.25, -0.2) is 0 Å². The lowest BCUT2D eigenvalue weighted by molar-refractivity contribution is 0.660. The van der Waals surface area contributed by atoms with E-state index in [1.165, 1.54) is 83.8 Å². The van der Waals surface area contributed by atoms with Gasteiger partial charge in [0.15, 0.2) is 0 Å². The minimum atomic E-state index is 0.0151. The van der Waals surface area contributed by atoms with Crippen LogP contribution in [0.15, 0.2) is 141 Å². The van der Waals surface area contributed by atoms with Gasteiger partial charge in [0, 0.05) is 23.0 Å². The first-order valence-corrected chi connectivity index (χ1v) is 17.5. The summed E-state index contributed by atoms with van der Waals surface area (Å²) in [5.74, 6) is 0. The first-order chi connectivity index (χ1) is 23.8. The van der Waals surface area contributed by atoms with E-state index >= 15 is 0 Å². The van der Waals surface area contributed by atoms with Crippen LogP contribution in [0.2, 0.25) is 0 Å². The lowest BCUT2D eigenvalue weighted by Crippen LogP contribution is -2.19.